The summed E-state index contributed by atoms with van der Waals surface area (Å²) < 4.78 is 0. The second kappa shape index (κ2) is 6.60. The van der Waals surface area contributed by atoms with Crippen LogP contribution in [0, 0.1) is 5.92 Å². The number of amides is 1. The number of hydrogen-bond acceptors (Lipinski definition) is 2. The quantitative estimate of drug-likeness (QED) is 0.901. The normalized spacial score (nSPS) is 23.1. The van der Waals surface area contributed by atoms with E-state index in [0.717, 1.165) is 25.1 Å². The minimum Gasteiger partial charge on any atom is -0.353 e. The van der Waals surface area contributed by atoms with Crippen molar-refractivity contribution in [1.82, 2.24) is 10.6 Å². The van der Waals surface area contributed by atoms with Crippen LogP contribution in [-0.4, -0.2) is 25.0 Å². The van der Waals surface area contributed by atoms with Crippen LogP contribution < -0.4 is 10.6 Å². The van der Waals surface area contributed by atoms with E-state index in [4.69, 9.17) is 23.2 Å². The first-order valence-electron chi connectivity index (χ1n) is 6.50. The van der Waals surface area contributed by atoms with E-state index in [9.17, 15) is 4.79 Å². The van der Waals surface area contributed by atoms with Gasteiger partial charge in [-0.1, -0.05) is 36.2 Å². The predicted octanol–water partition coefficient (Wildman–Crippen LogP) is 2.65. The lowest BCUT2D eigenvalue weighted by Gasteiger charge is -2.30. The monoisotopic (exact) mass is 300 g/mol. The maximum absolute atomic E-state index is 12.0. The molecule has 1 aromatic rings. The molecule has 1 aliphatic rings. The Morgan fingerprint density at radius 3 is 2.89 bits per heavy atom. The molecule has 0 spiro atoms. The number of hydrogen-bond donors (Lipinski definition) is 2. The van der Waals surface area contributed by atoms with Gasteiger partial charge in [-0.15, -0.1) is 0 Å². The molecule has 19 heavy (non-hydrogen) atoms. The number of benzene rings is 1. The Hall–Kier alpha value is -0.770. The zero-order chi connectivity index (χ0) is 13.8. The van der Waals surface area contributed by atoms with Gasteiger partial charge in [-0.05, 0) is 43.1 Å². The zero-order valence-electron chi connectivity index (χ0n) is 10.9. The highest BCUT2D eigenvalue weighted by Crippen LogP contribution is 2.22. The van der Waals surface area contributed by atoms with Crippen LogP contribution in [0.1, 0.15) is 18.9 Å². The number of rotatable bonds is 3. The number of piperidine rings is 1. The first-order chi connectivity index (χ1) is 9.06. The van der Waals surface area contributed by atoms with Crippen LogP contribution in [-0.2, 0) is 11.2 Å². The molecular weight excluding hydrogens is 283 g/mol. The molecule has 5 heteroatoms. The van der Waals surface area contributed by atoms with Crippen molar-refractivity contribution in [2.24, 2.45) is 5.92 Å². The van der Waals surface area contributed by atoms with Gasteiger partial charge in [-0.25, -0.2) is 0 Å². The Balaban J connectivity index is 1.91. The van der Waals surface area contributed by atoms with Crippen molar-refractivity contribution >= 4 is 29.1 Å². The Labute approximate surface area is 123 Å². The van der Waals surface area contributed by atoms with Crippen molar-refractivity contribution in [2.45, 2.75) is 25.8 Å². The van der Waals surface area contributed by atoms with Crippen molar-refractivity contribution < 1.29 is 4.79 Å². The summed E-state index contributed by atoms with van der Waals surface area (Å²) in [5.41, 5.74) is 0.883. The zero-order valence-corrected chi connectivity index (χ0v) is 12.4. The Bertz CT molecular complexity index is 465. The van der Waals surface area contributed by atoms with E-state index in [0.29, 0.717) is 22.4 Å². The minimum absolute atomic E-state index is 0.0390. The number of carbonyl (C=O) groups is 1. The van der Waals surface area contributed by atoms with Crippen molar-refractivity contribution in [1.29, 1.82) is 0 Å². The van der Waals surface area contributed by atoms with Crippen molar-refractivity contribution in [3.05, 3.63) is 33.8 Å². The lowest BCUT2D eigenvalue weighted by atomic mass is 9.95. The fraction of sp³-hybridized carbons (Fsp3) is 0.500. The van der Waals surface area contributed by atoms with E-state index < -0.39 is 0 Å². The summed E-state index contributed by atoms with van der Waals surface area (Å²) in [5, 5.41) is 7.41. The van der Waals surface area contributed by atoms with E-state index >= 15 is 0 Å². The van der Waals surface area contributed by atoms with Gasteiger partial charge in [0.15, 0.2) is 0 Å². The van der Waals surface area contributed by atoms with Crippen molar-refractivity contribution in [3.8, 4) is 0 Å². The van der Waals surface area contributed by atoms with E-state index in [-0.39, 0.29) is 11.9 Å². The van der Waals surface area contributed by atoms with E-state index in [1.165, 1.54) is 0 Å². The molecule has 2 rings (SSSR count). The molecule has 0 bridgehead atoms. The molecule has 0 aromatic heterocycles. The molecule has 1 aromatic carbocycles. The van der Waals surface area contributed by atoms with Gasteiger partial charge in [0.25, 0.3) is 0 Å². The van der Waals surface area contributed by atoms with Gasteiger partial charge in [-0.3, -0.25) is 4.79 Å². The summed E-state index contributed by atoms with van der Waals surface area (Å²) in [7, 11) is 0. The van der Waals surface area contributed by atoms with Crippen LogP contribution >= 0.6 is 23.2 Å². The van der Waals surface area contributed by atoms with E-state index in [1.54, 1.807) is 12.1 Å². The van der Waals surface area contributed by atoms with Gasteiger partial charge in [0.05, 0.1) is 16.5 Å². The second-order valence-corrected chi connectivity index (χ2v) is 5.88. The van der Waals surface area contributed by atoms with Crippen molar-refractivity contribution in [2.75, 3.05) is 13.1 Å². The van der Waals surface area contributed by atoms with Crippen LogP contribution in [0.2, 0.25) is 10.0 Å². The third-order valence-electron chi connectivity index (χ3n) is 3.48. The summed E-state index contributed by atoms with van der Waals surface area (Å²) in [4.78, 5) is 12.0. The maximum atomic E-state index is 12.0. The standard InChI is InChI=1S/C14H18Cl2N2O/c1-9-8-17-5-4-13(9)18-14(19)7-10-2-3-11(15)12(16)6-10/h2-3,6,9,13,17H,4-5,7-8H2,1H3,(H,18,19). The van der Waals surface area contributed by atoms with Gasteiger partial charge in [0.1, 0.15) is 0 Å². The van der Waals surface area contributed by atoms with Gasteiger partial charge >= 0.3 is 0 Å². The lowest BCUT2D eigenvalue weighted by molar-refractivity contribution is -0.121. The summed E-state index contributed by atoms with van der Waals surface area (Å²) in [5.74, 6) is 0.503. The number of carbonyl (C=O) groups excluding carboxylic acids is 1. The molecule has 2 N–H and O–H groups in total. The molecule has 0 saturated carbocycles. The third kappa shape index (κ3) is 4.10. The SMILES string of the molecule is CC1CNCCC1NC(=O)Cc1ccc(Cl)c(Cl)c1. The molecule has 1 amide bonds. The fourth-order valence-electron chi connectivity index (χ4n) is 2.32. The van der Waals surface area contributed by atoms with Crippen LogP contribution in [0.3, 0.4) is 0 Å². The third-order valence-corrected chi connectivity index (χ3v) is 4.22. The molecule has 1 saturated heterocycles. The minimum atomic E-state index is 0.0390. The first-order valence-corrected chi connectivity index (χ1v) is 7.26. The largest absolute Gasteiger partial charge is 0.353 e. The van der Waals surface area contributed by atoms with Gasteiger partial charge < -0.3 is 10.6 Å². The van der Waals surface area contributed by atoms with E-state index in [1.807, 2.05) is 6.07 Å². The van der Waals surface area contributed by atoms with Gasteiger partial charge in [0.2, 0.25) is 5.91 Å². The Morgan fingerprint density at radius 1 is 1.42 bits per heavy atom. The van der Waals surface area contributed by atoms with Crippen LogP contribution in [0.25, 0.3) is 0 Å². The Kier molecular flexibility index (Phi) is 5.08. The molecule has 1 heterocycles. The lowest BCUT2D eigenvalue weighted by Crippen LogP contribution is -2.48. The highest BCUT2D eigenvalue weighted by molar-refractivity contribution is 6.42. The van der Waals surface area contributed by atoms with E-state index in [2.05, 4.69) is 17.6 Å². The average molecular weight is 301 g/mol. The summed E-state index contributed by atoms with van der Waals surface area (Å²) >= 11 is 11.8. The highest BCUT2D eigenvalue weighted by atomic mass is 35.5. The van der Waals surface area contributed by atoms with Crippen molar-refractivity contribution in [3.63, 3.8) is 0 Å². The maximum Gasteiger partial charge on any atom is 0.224 e. The molecule has 104 valence electrons. The number of nitrogens with one attached hydrogen (secondary N) is 2. The van der Waals surface area contributed by atoms with Crippen LogP contribution in [0.4, 0.5) is 0 Å². The summed E-state index contributed by atoms with van der Waals surface area (Å²) in [6, 6.07) is 5.56. The first kappa shape index (κ1) is 14.6. The molecule has 1 aliphatic heterocycles. The predicted molar refractivity (Wildman–Crippen MR) is 78.7 cm³/mol. The average Bonchev–Trinajstić information content (AvgIpc) is 2.37. The molecule has 2 atom stereocenters. The Morgan fingerprint density at radius 2 is 2.21 bits per heavy atom. The highest BCUT2D eigenvalue weighted by Gasteiger charge is 2.22. The molecule has 3 nitrogen and oxygen atoms in total. The molecule has 0 aliphatic carbocycles. The van der Waals surface area contributed by atoms with Crippen LogP contribution in [0.5, 0.6) is 0 Å². The number of halogens is 2. The fourth-order valence-corrected chi connectivity index (χ4v) is 2.64. The topological polar surface area (TPSA) is 41.1 Å². The van der Waals surface area contributed by atoms with Crippen LogP contribution in [0.15, 0.2) is 18.2 Å². The summed E-state index contributed by atoms with van der Waals surface area (Å²) in [6.07, 6.45) is 1.32. The second-order valence-electron chi connectivity index (χ2n) is 5.07. The van der Waals surface area contributed by atoms with Gasteiger partial charge in [-0.2, -0.15) is 0 Å². The molecular formula is C14H18Cl2N2O. The summed E-state index contributed by atoms with van der Waals surface area (Å²) in [6.45, 7) is 4.07. The van der Waals surface area contributed by atoms with Gasteiger partial charge in [0, 0.05) is 6.04 Å². The molecule has 0 radical (unpaired) electrons. The molecule has 2 unspecified atom stereocenters. The smallest absolute Gasteiger partial charge is 0.224 e. The molecule has 1 fully saturated rings.